The second-order valence-electron chi connectivity index (χ2n) is 6.15. The van der Waals surface area contributed by atoms with Crippen molar-refractivity contribution in [1.29, 1.82) is 0 Å². The normalized spacial score (nSPS) is 14.9. The van der Waals surface area contributed by atoms with Gasteiger partial charge in [0.05, 0.1) is 11.3 Å². The third kappa shape index (κ3) is 7.00. The van der Waals surface area contributed by atoms with Crippen LogP contribution in [-0.2, 0) is 11.3 Å². The van der Waals surface area contributed by atoms with Gasteiger partial charge in [-0.15, -0.1) is 35.3 Å². The number of guanidine groups is 1. The van der Waals surface area contributed by atoms with Crippen molar-refractivity contribution in [2.45, 2.75) is 20.0 Å². The summed E-state index contributed by atoms with van der Waals surface area (Å²) in [6.07, 6.45) is 2.58. The molecule has 0 aromatic carbocycles. The van der Waals surface area contributed by atoms with Crippen LogP contribution in [0.25, 0.3) is 0 Å². The number of aliphatic imine (C=N–C) groups is 1. The Morgan fingerprint density at radius 3 is 2.78 bits per heavy atom. The van der Waals surface area contributed by atoms with Crippen molar-refractivity contribution in [3.8, 4) is 0 Å². The number of piperazine rings is 1. The van der Waals surface area contributed by atoms with Gasteiger partial charge in [0.1, 0.15) is 12.4 Å². The first-order valence-electron chi connectivity index (χ1n) is 9.28. The summed E-state index contributed by atoms with van der Waals surface area (Å²) < 4.78 is 10.9. The van der Waals surface area contributed by atoms with Gasteiger partial charge in [0.2, 0.25) is 0 Å². The molecule has 6 nitrogen and oxygen atoms in total. The van der Waals surface area contributed by atoms with Crippen LogP contribution in [-0.4, -0.2) is 56.7 Å². The highest BCUT2D eigenvalue weighted by atomic mass is 127. The number of ether oxygens (including phenoxy) is 1. The zero-order valence-electron chi connectivity index (χ0n) is 15.8. The summed E-state index contributed by atoms with van der Waals surface area (Å²) in [5.74, 6) is 1.88. The lowest BCUT2D eigenvalue weighted by Gasteiger charge is -2.37. The molecule has 3 heterocycles. The lowest BCUT2D eigenvalue weighted by molar-refractivity contribution is 0.105. The van der Waals surface area contributed by atoms with Gasteiger partial charge in [0.25, 0.3) is 0 Å². The van der Waals surface area contributed by atoms with E-state index in [0.717, 1.165) is 57.4 Å². The Bertz CT molecular complexity index is 641. The third-order valence-corrected chi connectivity index (χ3v) is 5.19. The van der Waals surface area contributed by atoms with Crippen molar-refractivity contribution in [2.24, 2.45) is 4.99 Å². The molecule has 0 aliphatic carbocycles. The van der Waals surface area contributed by atoms with Gasteiger partial charge < -0.3 is 24.3 Å². The first-order valence-corrected chi connectivity index (χ1v) is 10.2. The molecule has 0 unspecified atom stereocenters. The fraction of sp³-hybridized carbons (Fsp3) is 0.526. The van der Waals surface area contributed by atoms with Crippen molar-refractivity contribution < 1.29 is 9.15 Å². The smallest absolute Gasteiger partial charge is 0.194 e. The molecule has 1 fully saturated rings. The van der Waals surface area contributed by atoms with Crippen LogP contribution in [0, 0.1) is 0 Å². The molecule has 1 aliphatic rings. The monoisotopic (exact) mass is 504 g/mol. The molecular weight excluding hydrogens is 475 g/mol. The molecular formula is C19H29IN4O2S. The van der Waals surface area contributed by atoms with Gasteiger partial charge in [0, 0.05) is 45.9 Å². The molecule has 0 radical (unpaired) electrons. The lowest BCUT2D eigenvalue weighted by Crippen LogP contribution is -2.52. The molecule has 1 saturated heterocycles. The maximum Gasteiger partial charge on any atom is 0.194 e. The SMILES string of the molecule is CCNC(=NCCCOCc1ccco1)N1CCN(c2cccs2)CC1.I. The topological polar surface area (TPSA) is 53.2 Å². The number of hydrogen-bond donors (Lipinski definition) is 1. The number of thiophene rings is 1. The van der Waals surface area contributed by atoms with E-state index in [1.54, 1.807) is 6.26 Å². The summed E-state index contributed by atoms with van der Waals surface area (Å²) in [4.78, 5) is 9.58. The van der Waals surface area contributed by atoms with Crippen molar-refractivity contribution in [1.82, 2.24) is 10.2 Å². The largest absolute Gasteiger partial charge is 0.467 e. The molecule has 27 heavy (non-hydrogen) atoms. The minimum atomic E-state index is 0. The summed E-state index contributed by atoms with van der Waals surface area (Å²) in [7, 11) is 0. The molecule has 0 atom stereocenters. The van der Waals surface area contributed by atoms with Crippen molar-refractivity contribution in [2.75, 3.05) is 50.8 Å². The Kier molecular flexibility index (Phi) is 10.00. The van der Waals surface area contributed by atoms with E-state index >= 15 is 0 Å². The third-order valence-electron chi connectivity index (χ3n) is 4.26. The minimum absolute atomic E-state index is 0. The fourth-order valence-electron chi connectivity index (χ4n) is 2.93. The number of furan rings is 1. The van der Waals surface area contributed by atoms with Crippen LogP contribution in [0.4, 0.5) is 5.00 Å². The summed E-state index contributed by atoms with van der Waals surface area (Å²) in [6, 6.07) is 8.12. The average molecular weight is 504 g/mol. The highest BCUT2D eigenvalue weighted by molar-refractivity contribution is 14.0. The van der Waals surface area contributed by atoms with Gasteiger partial charge in [0.15, 0.2) is 5.96 Å². The summed E-state index contributed by atoms with van der Waals surface area (Å²) in [6.45, 7) is 9.07. The summed E-state index contributed by atoms with van der Waals surface area (Å²) >= 11 is 1.81. The molecule has 2 aromatic rings. The van der Waals surface area contributed by atoms with E-state index in [-0.39, 0.29) is 24.0 Å². The number of anilines is 1. The van der Waals surface area contributed by atoms with Crippen LogP contribution in [0.5, 0.6) is 0 Å². The Morgan fingerprint density at radius 2 is 2.11 bits per heavy atom. The predicted molar refractivity (Wildman–Crippen MR) is 122 cm³/mol. The van der Waals surface area contributed by atoms with Crippen molar-refractivity contribution in [3.63, 3.8) is 0 Å². The Labute approximate surface area is 182 Å². The zero-order chi connectivity index (χ0) is 18.0. The van der Waals surface area contributed by atoms with E-state index in [1.807, 2.05) is 23.5 Å². The second-order valence-corrected chi connectivity index (χ2v) is 7.07. The number of halogens is 1. The zero-order valence-corrected chi connectivity index (χ0v) is 18.9. The molecule has 0 bridgehead atoms. The van der Waals surface area contributed by atoms with Crippen LogP contribution >= 0.6 is 35.3 Å². The second kappa shape index (κ2) is 12.2. The minimum Gasteiger partial charge on any atom is -0.467 e. The first-order chi connectivity index (χ1) is 12.9. The number of nitrogens with zero attached hydrogens (tertiary/aromatic N) is 3. The Balaban J connectivity index is 0.00000261. The first kappa shape index (κ1) is 22.0. The summed E-state index contributed by atoms with van der Waals surface area (Å²) in [5, 5.41) is 6.92. The molecule has 3 rings (SSSR count). The fourth-order valence-corrected chi connectivity index (χ4v) is 3.72. The van der Waals surface area contributed by atoms with Gasteiger partial charge in [-0.3, -0.25) is 4.99 Å². The molecule has 0 saturated carbocycles. The molecule has 2 aromatic heterocycles. The van der Waals surface area contributed by atoms with Crippen LogP contribution in [0.3, 0.4) is 0 Å². The quantitative estimate of drug-likeness (QED) is 0.258. The van der Waals surface area contributed by atoms with Crippen molar-refractivity contribution in [3.05, 3.63) is 41.7 Å². The van der Waals surface area contributed by atoms with Gasteiger partial charge in [-0.05, 0) is 43.0 Å². The van der Waals surface area contributed by atoms with Crippen LogP contribution in [0.1, 0.15) is 19.1 Å². The van der Waals surface area contributed by atoms with Gasteiger partial charge in [-0.2, -0.15) is 0 Å². The highest BCUT2D eigenvalue weighted by Crippen LogP contribution is 2.22. The van der Waals surface area contributed by atoms with Crippen molar-refractivity contribution >= 4 is 46.3 Å². The molecule has 0 amide bonds. The molecule has 8 heteroatoms. The van der Waals surface area contributed by atoms with Gasteiger partial charge in [-0.1, -0.05) is 0 Å². The molecule has 1 aliphatic heterocycles. The highest BCUT2D eigenvalue weighted by Gasteiger charge is 2.20. The Morgan fingerprint density at radius 1 is 1.26 bits per heavy atom. The van der Waals surface area contributed by atoms with Crippen LogP contribution in [0.15, 0.2) is 45.3 Å². The van der Waals surface area contributed by atoms with E-state index in [4.69, 9.17) is 14.1 Å². The molecule has 0 spiro atoms. The average Bonchev–Trinajstić information content (AvgIpc) is 3.38. The molecule has 1 N–H and O–H groups in total. The number of rotatable bonds is 8. The van der Waals surface area contributed by atoms with E-state index < -0.39 is 0 Å². The van der Waals surface area contributed by atoms with E-state index in [1.165, 1.54) is 5.00 Å². The number of hydrogen-bond acceptors (Lipinski definition) is 5. The standard InChI is InChI=1S/C19H28N4O2S.HI/c1-2-20-19(21-8-5-13-24-16-17-6-3-14-25-17)23-11-9-22(10-12-23)18-7-4-15-26-18;/h3-4,6-7,14-15H,2,5,8-13,16H2,1H3,(H,20,21);1H. The maximum atomic E-state index is 5.62. The van der Waals surface area contributed by atoms with Gasteiger partial charge in [-0.25, -0.2) is 0 Å². The van der Waals surface area contributed by atoms with Gasteiger partial charge >= 0.3 is 0 Å². The van der Waals surface area contributed by atoms with E-state index in [9.17, 15) is 0 Å². The van der Waals surface area contributed by atoms with E-state index in [0.29, 0.717) is 13.2 Å². The lowest BCUT2D eigenvalue weighted by atomic mass is 10.3. The summed E-state index contributed by atoms with van der Waals surface area (Å²) in [5.41, 5.74) is 0. The Hall–Kier alpha value is -1.26. The van der Waals surface area contributed by atoms with Crippen LogP contribution in [0.2, 0.25) is 0 Å². The van der Waals surface area contributed by atoms with Crippen LogP contribution < -0.4 is 10.2 Å². The predicted octanol–water partition coefficient (Wildman–Crippen LogP) is 3.65. The van der Waals surface area contributed by atoms with E-state index in [2.05, 4.69) is 39.6 Å². The number of nitrogens with one attached hydrogen (secondary N) is 1. The maximum absolute atomic E-state index is 5.62. The molecule has 150 valence electrons.